The Morgan fingerprint density at radius 2 is 1.75 bits per heavy atom. The molecule has 0 aromatic heterocycles. The van der Waals surface area contributed by atoms with Crippen LogP contribution in [0.25, 0.3) is 0 Å². The van der Waals surface area contributed by atoms with E-state index in [0.717, 1.165) is 0 Å². The summed E-state index contributed by atoms with van der Waals surface area (Å²) in [5, 5.41) is 2.79. The number of nitrogens with zero attached hydrogens (tertiary/aromatic N) is 1. The van der Waals surface area contributed by atoms with Crippen LogP contribution < -0.4 is 15.8 Å². The summed E-state index contributed by atoms with van der Waals surface area (Å²) < 4.78 is 32.5. The molecule has 28 heavy (non-hydrogen) atoms. The number of hydrogen-bond acceptors (Lipinski definition) is 5. The Morgan fingerprint density at radius 3 is 2.25 bits per heavy atom. The zero-order chi connectivity index (χ0) is 20.9. The molecule has 2 amide bonds. The first-order valence-electron chi connectivity index (χ1n) is 9.45. The first kappa shape index (κ1) is 22.2. The van der Waals surface area contributed by atoms with E-state index in [0.29, 0.717) is 31.1 Å². The summed E-state index contributed by atoms with van der Waals surface area (Å²) in [5.41, 5.74) is 5.29. The van der Waals surface area contributed by atoms with Crippen molar-refractivity contribution in [3.63, 3.8) is 0 Å². The van der Waals surface area contributed by atoms with Crippen molar-refractivity contribution in [2.24, 2.45) is 17.6 Å². The highest BCUT2D eigenvalue weighted by molar-refractivity contribution is 7.89. The van der Waals surface area contributed by atoms with Gasteiger partial charge in [0.1, 0.15) is 5.75 Å². The van der Waals surface area contributed by atoms with Crippen molar-refractivity contribution >= 4 is 21.8 Å². The van der Waals surface area contributed by atoms with Crippen molar-refractivity contribution < 1.29 is 22.7 Å². The van der Waals surface area contributed by atoms with Gasteiger partial charge in [0, 0.05) is 25.6 Å². The van der Waals surface area contributed by atoms with E-state index in [1.807, 2.05) is 13.8 Å². The van der Waals surface area contributed by atoms with Gasteiger partial charge in [0.15, 0.2) is 6.10 Å². The number of sulfonamides is 1. The molecule has 0 spiro atoms. The molecule has 3 N–H and O–H groups in total. The number of hydrogen-bond donors (Lipinski definition) is 2. The van der Waals surface area contributed by atoms with Crippen LogP contribution in [-0.4, -0.2) is 50.3 Å². The second-order valence-electron chi connectivity index (χ2n) is 7.45. The molecule has 1 fully saturated rings. The van der Waals surface area contributed by atoms with E-state index >= 15 is 0 Å². The van der Waals surface area contributed by atoms with Gasteiger partial charge in [-0.05, 0) is 49.9 Å². The quantitative estimate of drug-likeness (QED) is 0.664. The van der Waals surface area contributed by atoms with Gasteiger partial charge in [-0.15, -0.1) is 0 Å². The Morgan fingerprint density at radius 1 is 1.18 bits per heavy atom. The topological polar surface area (TPSA) is 119 Å². The molecule has 2 rings (SSSR count). The number of primary amides is 1. The maximum atomic E-state index is 12.8. The first-order valence-corrected chi connectivity index (χ1v) is 10.9. The lowest BCUT2D eigenvalue weighted by atomic mass is 9.98. The van der Waals surface area contributed by atoms with E-state index in [1.54, 1.807) is 6.92 Å². The van der Waals surface area contributed by atoms with Crippen molar-refractivity contribution in [1.29, 1.82) is 0 Å². The summed E-state index contributed by atoms with van der Waals surface area (Å²) in [7, 11) is -3.64. The van der Waals surface area contributed by atoms with Crippen LogP contribution in [0.15, 0.2) is 29.2 Å². The lowest BCUT2D eigenvalue weighted by Crippen LogP contribution is -2.41. The van der Waals surface area contributed by atoms with Gasteiger partial charge in [0.25, 0.3) is 5.91 Å². The molecular weight excluding hydrogens is 382 g/mol. The summed E-state index contributed by atoms with van der Waals surface area (Å²) >= 11 is 0. The van der Waals surface area contributed by atoms with E-state index < -0.39 is 16.1 Å². The summed E-state index contributed by atoms with van der Waals surface area (Å²) in [4.78, 5) is 23.4. The van der Waals surface area contributed by atoms with E-state index in [4.69, 9.17) is 10.5 Å². The van der Waals surface area contributed by atoms with Gasteiger partial charge in [0.2, 0.25) is 15.9 Å². The standard InChI is InChI=1S/C19H29N3O5S/c1-13(2)12-21-19(24)14(3)27-16-4-6-17(7-5-16)28(25,26)22-10-8-15(9-11-22)18(20)23/h4-7,13-15H,8-12H2,1-3H3,(H2,20,23)(H,21,24)/t14-/m0/s1. The number of benzene rings is 1. The highest BCUT2D eigenvalue weighted by Crippen LogP contribution is 2.25. The normalized spacial score (nSPS) is 17.3. The molecule has 1 aromatic carbocycles. The average molecular weight is 412 g/mol. The van der Waals surface area contributed by atoms with Crippen LogP contribution in [0.2, 0.25) is 0 Å². The molecule has 1 atom stereocenters. The van der Waals surface area contributed by atoms with E-state index in [-0.39, 0.29) is 35.7 Å². The predicted octanol–water partition coefficient (Wildman–Crippen LogP) is 1.11. The number of carbonyl (C=O) groups excluding carboxylic acids is 2. The second-order valence-corrected chi connectivity index (χ2v) is 9.39. The van der Waals surface area contributed by atoms with Crippen LogP contribution in [0, 0.1) is 11.8 Å². The molecular formula is C19H29N3O5S. The molecule has 0 unspecified atom stereocenters. The molecule has 0 saturated carbocycles. The first-order chi connectivity index (χ1) is 13.1. The maximum Gasteiger partial charge on any atom is 0.260 e. The fraction of sp³-hybridized carbons (Fsp3) is 0.579. The molecule has 8 nitrogen and oxygen atoms in total. The Hall–Kier alpha value is -2.13. The summed E-state index contributed by atoms with van der Waals surface area (Å²) in [6.07, 6.45) is 0.173. The Balaban J connectivity index is 1.97. The third-order valence-corrected chi connectivity index (χ3v) is 6.60. The molecule has 0 bridgehead atoms. The highest BCUT2D eigenvalue weighted by atomic mass is 32.2. The predicted molar refractivity (Wildman–Crippen MR) is 105 cm³/mol. The van der Waals surface area contributed by atoms with Gasteiger partial charge in [0.05, 0.1) is 4.90 Å². The minimum atomic E-state index is -3.64. The van der Waals surface area contributed by atoms with Gasteiger partial charge in [-0.25, -0.2) is 8.42 Å². The molecule has 0 radical (unpaired) electrons. The Bertz CT molecular complexity index is 784. The third kappa shape index (κ3) is 5.68. The molecule has 9 heteroatoms. The zero-order valence-corrected chi connectivity index (χ0v) is 17.4. The summed E-state index contributed by atoms with van der Waals surface area (Å²) in [5.74, 6) is -0.120. The van der Waals surface area contributed by atoms with Gasteiger partial charge in [-0.2, -0.15) is 4.31 Å². The Kier molecular flexibility index (Phi) is 7.42. The summed E-state index contributed by atoms with van der Waals surface area (Å²) in [6.45, 7) is 6.74. The second kappa shape index (κ2) is 9.38. The average Bonchev–Trinajstić information content (AvgIpc) is 2.66. The largest absolute Gasteiger partial charge is 0.481 e. The fourth-order valence-electron chi connectivity index (χ4n) is 2.93. The van der Waals surface area contributed by atoms with E-state index in [2.05, 4.69) is 5.32 Å². The number of carbonyl (C=O) groups is 2. The molecule has 1 aliphatic rings. The van der Waals surface area contributed by atoms with Crippen LogP contribution >= 0.6 is 0 Å². The fourth-order valence-corrected chi connectivity index (χ4v) is 4.40. The number of ether oxygens (including phenoxy) is 1. The number of rotatable bonds is 8. The Labute approximate surface area is 166 Å². The zero-order valence-electron chi connectivity index (χ0n) is 16.6. The van der Waals surface area contributed by atoms with Gasteiger partial charge in [-0.1, -0.05) is 13.8 Å². The van der Waals surface area contributed by atoms with Crippen molar-refractivity contribution in [3.8, 4) is 5.75 Å². The van der Waals surface area contributed by atoms with E-state index in [9.17, 15) is 18.0 Å². The molecule has 1 aliphatic heterocycles. The minimum absolute atomic E-state index is 0.147. The molecule has 1 heterocycles. The number of piperidine rings is 1. The van der Waals surface area contributed by atoms with Crippen molar-refractivity contribution in [3.05, 3.63) is 24.3 Å². The van der Waals surface area contributed by atoms with E-state index in [1.165, 1.54) is 28.6 Å². The lowest BCUT2D eigenvalue weighted by Gasteiger charge is -2.29. The van der Waals surface area contributed by atoms with Crippen molar-refractivity contribution in [2.45, 2.75) is 44.6 Å². The third-order valence-electron chi connectivity index (χ3n) is 4.68. The number of nitrogens with two attached hydrogens (primary N) is 1. The van der Waals surface area contributed by atoms with Crippen molar-refractivity contribution in [2.75, 3.05) is 19.6 Å². The monoisotopic (exact) mass is 411 g/mol. The molecule has 1 aromatic rings. The number of amides is 2. The summed E-state index contributed by atoms with van der Waals surface area (Å²) in [6, 6.07) is 6.00. The maximum absolute atomic E-state index is 12.8. The van der Waals surface area contributed by atoms with Crippen LogP contribution in [0.1, 0.15) is 33.6 Å². The van der Waals surface area contributed by atoms with Crippen LogP contribution in [0.5, 0.6) is 5.75 Å². The minimum Gasteiger partial charge on any atom is -0.481 e. The highest BCUT2D eigenvalue weighted by Gasteiger charge is 2.31. The van der Waals surface area contributed by atoms with Gasteiger partial charge in [-0.3, -0.25) is 9.59 Å². The lowest BCUT2D eigenvalue weighted by molar-refractivity contribution is -0.127. The van der Waals surface area contributed by atoms with Gasteiger partial charge >= 0.3 is 0 Å². The van der Waals surface area contributed by atoms with Crippen LogP contribution in [0.3, 0.4) is 0 Å². The van der Waals surface area contributed by atoms with Gasteiger partial charge < -0.3 is 15.8 Å². The number of nitrogens with one attached hydrogen (secondary N) is 1. The SMILES string of the molecule is CC(C)CNC(=O)[C@H](C)Oc1ccc(S(=O)(=O)N2CCC(C(N)=O)CC2)cc1. The van der Waals surface area contributed by atoms with Crippen molar-refractivity contribution in [1.82, 2.24) is 9.62 Å². The van der Waals surface area contributed by atoms with Crippen LogP contribution in [-0.2, 0) is 19.6 Å². The molecule has 156 valence electrons. The molecule has 0 aliphatic carbocycles. The van der Waals surface area contributed by atoms with Crippen LogP contribution in [0.4, 0.5) is 0 Å². The molecule has 1 saturated heterocycles. The smallest absolute Gasteiger partial charge is 0.260 e.